The van der Waals surface area contributed by atoms with Gasteiger partial charge in [0.2, 0.25) is 5.82 Å². The van der Waals surface area contributed by atoms with E-state index in [0.717, 1.165) is 37.3 Å². The number of ether oxygens (including phenoxy) is 1. The maximum absolute atomic E-state index is 10.8. The normalized spacial score (nSPS) is 15.2. The summed E-state index contributed by atoms with van der Waals surface area (Å²) in [4.78, 5) is 13.4. The average molecular weight is 548 g/mol. The molecule has 3 aromatic carbocycles. The lowest BCUT2D eigenvalue weighted by atomic mass is 9.96. The van der Waals surface area contributed by atoms with Gasteiger partial charge in [0.25, 0.3) is 5.89 Å². The molecule has 1 N–H and O–H groups in total. The van der Waals surface area contributed by atoms with E-state index in [4.69, 9.17) is 9.26 Å². The molecule has 1 aliphatic rings. The van der Waals surface area contributed by atoms with Gasteiger partial charge in [-0.3, -0.25) is 14.8 Å². The Balaban J connectivity index is 1.02. The Morgan fingerprint density at radius 3 is 2.20 bits per heavy atom. The summed E-state index contributed by atoms with van der Waals surface area (Å²) in [5, 5.41) is 14.9. The van der Waals surface area contributed by atoms with Crippen LogP contribution < -0.4 is 4.74 Å². The molecule has 0 radical (unpaired) electrons. The minimum absolute atomic E-state index is 0.202. The van der Waals surface area contributed by atoms with Gasteiger partial charge in [-0.25, -0.2) is 0 Å². The van der Waals surface area contributed by atoms with E-state index in [1.165, 1.54) is 11.1 Å². The summed E-state index contributed by atoms with van der Waals surface area (Å²) in [6, 6.07) is 32.8. The number of aliphatic hydroxyl groups is 1. The van der Waals surface area contributed by atoms with Gasteiger partial charge in [-0.2, -0.15) is 4.98 Å². The second-order valence-corrected chi connectivity index (χ2v) is 10.2. The maximum Gasteiger partial charge on any atom is 0.259 e. The Kier molecular flexibility index (Phi) is 8.42. The Hall–Kier alpha value is -4.37. The summed E-state index contributed by atoms with van der Waals surface area (Å²) in [6.45, 7) is 4.40. The molecule has 1 aliphatic heterocycles. The van der Waals surface area contributed by atoms with E-state index in [9.17, 15) is 5.11 Å². The molecule has 0 bridgehead atoms. The van der Waals surface area contributed by atoms with Crippen molar-refractivity contribution in [2.24, 2.45) is 0 Å². The number of aromatic nitrogens is 3. The average Bonchev–Trinajstić information content (AvgIpc) is 3.54. The number of aliphatic hydroxyl groups excluding tert-OH is 1. The summed E-state index contributed by atoms with van der Waals surface area (Å²) in [7, 11) is 0. The van der Waals surface area contributed by atoms with Gasteiger partial charge >= 0.3 is 0 Å². The zero-order valence-electron chi connectivity index (χ0n) is 22.8. The van der Waals surface area contributed by atoms with Crippen LogP contribution in [0.2, 0.25) is 0 Å². The molecule has 1 atom stereocenters. The molecule has 1 unspecified atom stereocenters. The highest BCUT2D eigenvalue weighted by Crippen LogP contribution is 2.29. The molecular weight excluding hydrogens is 514 g/mol. The van der Waals surface area contributed by atoms with Crippen LogP contribution in [0.4, 0.5) is 0 Å². The predicted octanol–water partition coefficient (Wildman–Crippen LogP) is 4.95. The fourth-order valence-corrected chi connectivity index (χ4v) is 5.30. The second kappa shape index (κ2) is 12.9. The van der Waals surface area contributed by atoms with Crippen LogP contribution in [0.25, 0.3) is 22.8 Å². The van der Waals surface area contributed by atoms with E-state index in [0.29, 0.717) is 24.0 Å². The first-order valence-corrected chi connectivity index (χ1v) is 13.9. The van der Waals surface area contributed by atoms with Crippen molar-refractivity contribution < 1.29 is 14.4 Å². The van der Waals surface area contributed by atoms with Crippen molar-refractivity contribution in [3.63, 3.8) is 0 Å². The molecule has 1 fully saturated rings. The topological polar surface area (TPSA) is 87.7 Å². The molecule has 0 amide bonds. The lowest BCUT2D eigenvalue weighted by Gasteiger charge is -2.40. The molecule has 3 heterocycles. The first-order chi connectivity index (χ1) is 20.2. The van der Waals surface area contributed by atoms with E-state index >= 15 is 0 Å². The second-order valence-electron chi connectivity index (χ2n) is 10.2. The zero-order chi connectivity index (χ0) is 27.9. The van der Waals surface area contributed by atoms with Crippen LogP contribution in [0.15, 0.2) is 114 Å². The van der Waals surface area contributed by atoms with Gasteiger partial charge in [-0.15, -0.1) is 0 Å². The molecule has 0 spiro atoms. The van der Waals surface area contributed by atoms with Gasteiger partial charge in [0.15, 0.2) is 0 Å². The molecule has 6 rings (SSSR count). The van der Waals surface area contributed by atoms with Crippen molar-refractivity contribution in [2.75, 3.05) is 39.3 Å². The van der Waals surface area contributed by atoms with Gasteiger partial charge in [0.1, 0.15) is 18.5 Å². The minimum atomic E-state index is -0.605. The number of rotatable bonds is 10. The van der Waals surface area contributed by atoms with Crippen LogP contribution in [0, 0.1) is 0 Å². The summed E-state index contributed by atoms with van der Waals surface area (Å²) < 4.78 is 11.4. The largest absolute Gasteiger partial charge is 0.491 e. The molecule has 8 heteroatoms. The highest BCUT2D eigenvalue weighted by molar-refractivity contribution is 5.60. The van der Waals surface area contributed by atoms with Crippen LogP contribution >= 0.6 is 0 Å². The number of pyridine rings is 1. The number of benzene rings is 3. The van der Waals surface area contributed by atoms with Crippen molar-refractivity contribution in [1.82, 2.24) is 24.9 Å². The van der Waals surface area contributed by atoms with Gasteiger partial charge in [-0.1, -0.05) is 78.0 Å². The molecule has 1 saturated heterocycles. The molecule has 208 valence electrons. The first kappa shape index (κ1) is 26.8. The van der Waals surface area contributed by atoms with Crippen molar-refractivity contribution in [2.45, 2.75) is 12.1 Å². The fourth-order valence-electron chi connectivity index (χ4n) is 5.30. The summed E-state index contributed by atoms with van der Waals surface area (Å²) in [6.07, 6.45) is 2.78. The van der Waals surface area contributed by atoms with Gasteiger partial charge < -0.3 is 14.4 Å². The maximum atomic E-state index is 10.8. The molecule has 5 aromatic rings. The lowest BCUT2D eigenvalue weighted by molar-refractivity contribution is 0.0401. The number of β-amino-alcohol motifs (C(OH)–C–C–N with tert-alkyl or cyclic N) is 1. The van der Waals surface area contributed by atoms with Crippen LogP contribution in [-0.2, 0) is 0 Å². The lowest BCUT2D eigenvalue weighted by Crippen LogP contribution is -2.50. The van der Waals surface area contributed by atoms with Crippen LogP contribution in [-0.4, -0.2) is 75.5 Å². The van der Waals surface area contributed by atoms with E-state index in [-0.39, 0.29) is 12.6 Å². The van der Waals surface area contributed by atoms with E-state index in [1.807, 2.05) is 36.4 Å². The Labute approximate surface area is 239 Å². The van der Waals surface area contributed by atoms with Crippen molar-refractivity contribution in [3.8, 4) is 28.6 Å². The number of hydrogen-bond acceptors (Lipinski definition) is 8. The third kappa shape index (κ3) is 6.69. The van der Waals surface area contributed by atoms with Crippen molar-refractivity contribution in [1.29, 1.82) is 0 Å². The van der Waals surface area contributed by atoms with Crippen LogP contribution in [0.1, 0.15) is 17.2 Å². The number of hydrogen-bond donors (Lipinski definition) is 1. The van der Waals surface area contributed by atoms with Gasteiger partial charge in [0.05, 0.1) is 11.6 Å². The quantitative estimate of drug-likeness (QED) is 0.263. The SMILES string of the molecule is OC(COc1cccc(-c2noc(-c3cccnc3)n2)c1)CN1CCN(C(c2ccccc2)c2ccccc2)CC1. The smallest absolute Gasteiger partial charge is 0.259 e. The third-order valence-electron chi connectivity index (χ3n) is 7.34. The molecular formula is C33H33N5O3. The van der Waals surface area contributed by atoms with Crippen LogP contribution in [0.3, 0.4) is 0 Å². The summed E-state index contributed by atoms with van der Waals surface area (Å²) >= 11 is 0. The van der Waals surface area contributed by atoms with Crippen LogP contribution in [0.5, 0.6) is 5.75 Å². The Morgan fingerprint density at radius 2 is 1.51 bits per heavy atom. The van der Waals surface area contributed by atoms with Crippen molar-refractivity contribution >= 4 is 0 Å². The Morgan fingerprint density at radius 1 is 0.805 bits per heavy atom. The molecule has 0 aliphatic carbocycles. The van der Waals surface area contributed by atoms with E-state index in [2.05, 4.69) is 85.6 Å². The number of piperazine rings is 1. The van der Waals surface area contributed by atoms with Crippen molar-refractivity contribution in [3.05, 3.63) is 121 Å². The highest BCUT2D eigenvalue weighted by Gasteiger charge is 2.27. The van der Waals surface area contributed by atoms with E-state index < -0.39 is 6.10 Å². The van der Waals surface area contributed by atoms with Gasteiger partial charge in [0, 0.05) is 50.7 Å². The number of nitrogens with zero attached hydrogens (tertiary/aromatic N) is 5. The predicted molar refractivity (Wildman–Crippen MR) is 157 cm³/mol. The minimum Gasteiger partial charge on any atom is -0.491 e. The standard InChI is InChI=1S/C33H33N5O3/c39-29(24-40-30-15-7-13-27(21-30)32-35-33(41-36-32)28-14-8-16-34-22-28)23-37-17-19-38(20-18-37)31(25-9-3-1-4-10-25)26-11-5-2-6-12-26/h1-16,21-22,29,31,39H,17-20,23-24H2. The molecule has 2 aromatic heterocycles. The summed E-state index contributed by atoms with van der Waals surface area (Å²) in [5.41, 5.74) is 4.14. The fraction of sp³-hybridized carbons (Fsp3) is 0.242. The third-order valence-corrected chi connectivity index (χ3v) is 7.34. The monoisotopic (exact) mass is 547 g/mol. The molecule has 8 nitrogen and oxygen atoms in total. The first-order valence-electron chi connectivity index (χ1n) is 13.9. The van der Waals surface area contributed by atoms with E-state index in [1.54, 1.807) is 12.4 Å². The molecule has 0 saturated carbocycles. The zero-order valence-corrected chi connectivity index (χ0v) is 22.8. The summed E-state index contributed by atoms with van der Waals surface area (Å²) in [5.74, 6) is 1.53. The van der Waals surface area contributed by atoms with Gasteiger partial charge in [-0.05, 0) is 35.4 Å². The Bertz CT molecular complexity index is 1470. The highest BCUT2D eigenvalue weighted by atomic mass is 16.5. The molecule has 41 heavy (non-hydrogen) atoms.